The summed E-state index contributed by atoms with van der Waals surface area (Å²) in [4.78, 5) is 4.16. The summed E-state index contributed by atoms with van der Waals surface area (Å²) in [6, 6.07) is 0. The number of nitrogens with zero attached hydrogens (tertiary/aromatic N) is 1. The van der Waals surface area contributed by atoms with E-state index in [-0.39, 0.29) is 5.41 Å². The maximum Gasteiger partial charge on any atom is 0.0264 e. The van der Waals surface area contributed by atoms with E-state index in [9.17, 15) is 0 Å². The molecule has 0 saturated heterocycles. The predicted molar refractivity (Wildman–Crippen MR) is 65.6 cm³/mol. The Labute approximate surface area is 87.3 Å². The van der Waals surface area contributed by atoms with E-state index < -0.39 is 0 Å². The van der Waals surface area contributed by atoms with E-state index in [1.807, 2.05) is 36.6 Å². The van der Waals surface area contributed by atoms with Gasteiger partial charge in [-0.1, -0.05) is 57.7 Å². The average molecular weight is 189 g/mol. The van der Waals surface area contributed by atoms with Crippen LogP contribution in [0.1, 0.15) is 20.8 Å². The van der Waals surface area contributed by atoms with Crippen LogP contribution in [0.4, 0.5) is 0 Å². The van der Waals surface area contributed by atoms with Gasteiger partial charge >= 0.3 is 0 Å². The molecule has 0 aromatic heterocycles. The van der Waals surface area contributed by atoms with E-state index in [1.54, 1.807) is 12.3 Å². The molecule has 0 bridgehead atoms. The molecule has 0 rings (SSSR count). The standard InChI is InChI=1S/C13H19N/c1-5-6-7-8-9-10-11-14-12-13(2,3)4/h5-12H,1H2,2-4H3/b7-6-,9-8+,11-10-,14-12?. The van der Waals surface area contributed by atoms with Crippen LogP contribution in [-0.2, 0) is 0 Å². The highest BCUT2D eigenvalue weighted by atomic mass is 14.7. The zero-order chi connectivity index (χ0) is 10.9. The Balaban J connectivity index is 3.85. The first-order valence-corrected chi connectivity index (χ1v) is 4.71. The monoisotopic (exact) mass is 189 g/mol. The molecule has 0 radical (unpaired) electrons. The quantitative estimate of drug-likeness (QED) is 0.469. The molecule has 0 saturated carbocycles. The first kappa shape index (κ1) is 12.6. The topological polar surface area (TPSA) is 12.4 Å². The van der Waals surface area contributed by atoms with Crippen LogP contribution in [0.5, 0.6) is 0 Å². The Morgan fingerprint density at radius 1 is 0.929 bits per heavy atom. The van der Waals surface area contributed by atoms with Crippen molar-refractivity contribution in [3.8, 4) is 0 Å². The SMILES string of the molecule is C=C\C=C/C=C/C=C\N=CC(C)(C)C. The molecule has 1 heteroatoms. The van der Waals surface area contributed by atoms with Crippen LogP contribution >= 0.6 is 0 Å². The van der Waals surface area contributed by atoms with Crippen molar-refractivity contribution < 1.29 is 0 Å². The van der Waals surface area contributed by atoms with Gasteiger partial charge in [-0.3, -0.25) is 4.99 Å². The molecule has 0 aliphatic rings. The minimum absolute atomic E-state index is 0.150. The smallest absolute Gasteiger partial charge is 0.0264 e. The van der Waals surface area contributed by atoms with Crippen molar-refractivity contribution in [2.24, 2.45) is 10.4 Å². The van der Waals surface area contributed by atoms with E-state index in [2.05, 4.69) is 32.3 Å². The third-order valence-electron chi connectivity index (χ3n) is 1.21. The van der Waals surface area contributed by atoms with Gasteiger partial charge in [0.2, 0.25) is 0 Å². The molecule has 1 nitrogen and oxygen atoms in total. The second-order valence-corrected chi connectivity index (χ2v) is 3.99. The highest BCUT2D eigenvalue weighted by Gasteiger charge is 2.03. The fourth-order valence-corrected chi connectivity index (χ4v) is 0.637. The summed E-state index contributed by atoms with van der Waals surface area (Å²) >= 11 is 0. The first-order valence-electron chi connectivity index (χ1n) is 4.71. The number of aliphatic imine (C=N–C) groups is 1. The zero-order valence-electron chi connectivity index (χ0n) is 9.27. The van der Waals surface area contributed by atoms with Gasteiger partial charge in [0.25, 0.3) is 0 Å². The van der Waals surface area contributed by atoms with Gasteiger partial charge in [0.1, 0.15) is 0 Å². The van der Waals surface area contributed by atoms with Gasteiger partial charge in [0.15, 0.2) is 0 Å². The second-order valence-electron chi connectivity index (χ2n) is 3.99. The van der Waals surface area contributed by atoms with Gasteiger partial charge in [-0.2, -0.15) is 0 Å². The van der Waals surface area contributed by atoms with E-state index in [4.69, 9.17) is 0 Å². The van der Waals surface area contributed by atoms with Crippen molar-refractivity contribution in [3.63, 3.8) is 0 Å². The van der Waals surface area contributed by atoms with Gasteiger partial charge in [-0.25, -0.2) is 0 Å². The van der Waals surface area contributed by atoms with E-state index in [0.29, 0.717) is 0 Å². The van der Waals surface area contributed by atoms with Crippen LogP contribution in [0.25, 0.3) is 0 Å². The number of rotatable bonds is 4. The Morgan fingerprint density at radius 2 is 1.50 bits per heavy atom. The van der Waals surface area contributed by atoms with Gasteiger partial charge < -0.3 is 0 Å². The van der Waals surface area contributed by atoms with Gasteiger partial charge in [0, 0.05) is 12.4 Å². The molecule has 0 unspecified atom stereocenters. The lowest BCUT2D eigenvalue weighted by Gasteiger charge is -2.08. The van der Waals surface area contributed by atoms with Crippen LogP contribution in [0.2, 0.25) is 0 Å². The summed E-state index contributed by atoms with van der Waals surface area (Å²) in [7, 11) is 0. The third kappa shape index (κ3) is 10.6. The summed E-state index contributed by atoms with van der Waals surface area (Å²) in [6.07, 6.45) is 15.0. The molecular formula is C13H19N. The number of hydrogen-bond donors (Lipinski definition) is 0. The Hall–Kier alpha value is -1.37. The summed E-state index contributed by atoms with van der Waals surface area (Å²) in [5.74, 6) is 0. The summed E-state index contributed by atoms with van der Waals surface area (Å²) in [5, 5.41) is 0. The maximum absolute atomic E-state index is 4.16. The summed E-state index contributed by atoms with van der Waals surface area (Å²) in [6.45, 7) is 9.93. The van der Waals surface area contributed by atoms with Crippen molar-refractivity contribution in [2.75, 3.05) is 0 Å². The molecule has 0 aliphatic carbocycles. The largest absolute Gasteiger partial charge is 0.269 e. The average Bonchev–Trinajstić information content (AvgIpc) is 2.08. The van der Waals surface area contributed by atoms with Crippen LogP contribution in [-0.4, -0.2) is 6.21 Å². The van der Waals surface area contributed by atoms with Gasteiger partial charge in [-0.15, -0.1) is 0 Å². The Bertz CT molecular complexity index is 259. The van der Waals surface area contributed by atoms with E-state index in [1.165, 1.54) is 0 Å². The van der Waals surface area contributed by atoms with Crippen molar-refractivity contribution in [1.82, 2.24) is 0 Å². The lowest BCUT2D eigenvalue weighted by Crippen LogP contribution is -2.05. The predicted octanol–water partition coefficient (Wildman–Crippen LogP) is 3.92. The van der Waals surface area contributed by atoms with Crippen molar-refractivity contribution >= 4 is 6.21 Å². The van der Waals surface area contributed by atoms with Crippen LogP contribution < -0.4 is 0 Å². The van der Waals surface area contributed by atoms with Crippen molar-refractivity contribution in [1.29, 1.82) is 0 Å². The highest BCUT2D eigenvalue weighted by Crippen LogP contribution is 2.08. The molecular weight excluding hydrogens is 170 g/mol. The molecule has 0 aromatic carbocycles. The lowest BCUT2D eigenvalue weighted by atomic mass is 9.99. The lowest BCUT2D eigenvalue weighted by molar-refractivity contribution is 0.607. The molecule has 14 heavy (non-hydrogen) atoms. The van der Waals surface area contributed by atoms with Crippen molar-refractivity contribution in [2.45, 2.75) is 20.8 Å². The zero-order valence-corrected chi connectivity index (χ0v) is 9.27. The van der Waals surface area contributed by atoms with E-state index >= 15 is 0 Å². The molecule has 0 aliphatic heterocycles. The summed E-state index contributed by atoms with van der Waals surface area (Å²) < 4.78 is 0. The molecule has 0 atom stereocenters. The normalized spacial score (nSPS) is 13.9. The van der Waals surface area contributed by atoms with Crippen molar-refractivity contribution in [3.05, 3.63) is 49.2 Å². The highest BCUT2D eigenvalue weighted by molar-refractivity contribution is 5.64. The van der Waals surface area contributed by atoms with Gasteiger partial charge in [-0.05, 0) is 11.5 Å². The van der Waals surface area contributed by atoms with Crippen LogP contribution in [0.15, 0.2) is 54.2 Å². The fraction of sp³-hybridized carbons (Fsp3) is 0.308. The Morgan fingerprint density at radius 3 is 2.07 bits per heavy atom. The first-order chi connectivity index (χ1) is 6.56. The molecule has 0 spiro atoms. The maximum atomic E-state index is 4.16. The second kappa shape index (κ2) is 7.07. The summed E-state index contributed by atoms with van der Waals surface area (Å²) in [5.41, 5.74) is 0.150. The minimum Gasteiger partial charge on any atom is -0.269 e. The molecule has 76 valence electrons. The molecule has 0 N–H and O–H groups in total. The fourth-order valence-electron chi connectivity index (χ4n) is 0.637. The van der Waals surface area contributed by atoms with Crippen LogP contribution in [0, 0.1) is 5.41 Å². The molecule has 0 amide bonds. The molecule has 0 heterocycles. The number of hydrogen-bond acceptors (Lipinski definition) is 1. The van der Waals surface area contributed by atoms with Crippen LogP contribution in [0.3, 0.4) is 0 Å². The van der Waals surface area contributed by atoms with E-state index in [0.717, 1.165) is 0 Å². The number of allylic oxidation sites excluding steroid dienone is 6. The minimum atomic E-state index is 0.150. The molecule has 0 fully saturated rings. The third-order valence-corrected chi connectivity index (χ3v) is 1.21. The van der Waals surface area contributed by atoms with Gasteiger partial charge in [0.05, 0.1) is 0 Å². The molecule has 0 aromatic rings. The Kier molecular flexibility index (Phi) is 6.38.